The van der Waals surface area contributed by atoms with Crippen molar-refractivity contribution < 1.29 is 0 Å². The monoisotopic (exact) mass is 413 g/mol. The van der Waals surface area contributed by atoms with Gasteiger partial charge in [0.2, 0.25) is 0 Å². The summed E-state index contributed by atoms with van der Waals surface area (Å²) in [6, 6.07) is 21.2. The van der Waals surface area contributed by atoms with Gasteiger partial charge in [-0.25, -0.2) is 9.97 Å². The number of aromatic nitrogens is 4. The standard InChI is InChI=1S/C27H19N5/c1-2-8-18(9-3-1)31-22-12-6-4-10-19(22)21-16-29-25-20-11-5-7-13-23(20)32(27(25)26(21)31)24-14-15-28-17-30-24/h1-17,19,22H. The second-order valence-corrected chi connectivity index (χ2v) is 8.17. The molecule has 0 bridgehead atoms. The molecule has 7 rings (SSSR count). The van der Waals surface area contributed by atoms with Gasteiger partial charge in [-0.05, 0) is 24.3 Å². The van der Waals surface area contributed by atoms with Crippen LogP contribution in [0.2, 0.25) is 0 Å². The summed E-state index contributed by atoms with van der Waals surface area (Å²) in [6.07, 6.45) is 14.3. The summed E-state index contributed by atoms with van der Waals surface area (Å²) in [7, 11) is 0. The SMILES string of the molecule is C1=CC2c3cnc4c5ccccc5n(-c5ccncn5)c4c3N(c3ccccc3)C2C=C1. The highest BCUT2D eigenvalue weighted by Gasteiger charge is 2.40. The minimum absolute atomic E-state index is 0.210. The predicted molar refractivity (Wildman–Crippen MR) is 128 cm³/mol. The molecule has 0 spiro atoms. The van der Waals surface area contributed by atoms with E-state index in [9.17, 15) is 0 Å². The number of pyridine rings is 1. The van der Waals surface area contributed by atoms with Crippen LogP contribution in [0.5, 0.6) is 0 Å². The van der Waals surface area contributed by atoms with Crippen LogP contribution in [-0.2, 0) is 0 Å². The molecule has 1 aliphatic heterocycles. The third-order valence-corrected chi connectivity index (χ3v) is 6.51. The van der Waals surface area contributed by atoms with Gasteiger partial charge < -0.3 is 4.90 Å². The van der Waals surface area contributed by atoms with Crippen molar-refractivity contribution in [1.29, 1.82) is 0 Å². The highest BCUT2D eigenvalue weighted by molar-refractivity contribution is 6.12. The fourth-order valence-corrected chi connectivity index (χ4v) is 5.22. The summed E-state index contributed by atoms with van der Waals surface area (Å²) in [5.74, 6) is 1.10. The first-order valence-electron chi connectivity index (χ1n) is 10.8. The second kappa shape index (κ2) is 6.62. The average Bonchev–Trinajstić information content (AvgIpc) is 3.38. The number of benzene rings is 2. The Morgan fingerprint density at radius 2 is 1.66 bits per heavy atom. The molecule has 5 nitrogen and oxygen atoms in total. The number of para-hydroxylation sites is 2. The molecular weight excluding hydrogens is 394 g/mol. The lowest BCUT2D eigenvalue weighted by Crippen LogP contribution is -2.28. The molecule has 5 heteroatoms. The van der Waals surface area contributed by atoms with Crippen LogP contribution in [0.3, 0.4) is 0 Å². The zero-order valence-corrected chi connectivity index (χ0v) is 17.2. The summed E-state index contributed by atoms with van der Waals surface area (Å²) in [6.45, 7) is 0. The van der Waals surface area contributed by atoms with Gasteiger partial charge in [0.05, 0.1) is 28.3 Å². The highest BCUT2D eigenvalue weighted by atomic mass is 15.2. The largest absolute Gasteiger partial charge is 0.331 e. The van der Waals surface area contributed by atoms with Crippen molar-refractivity contribution in [2.75, 3.05) is 4.90 Å². The van der Waals surface area contributed by atoms with Crippen molar-refractivity contribution in [3.8, 4) is 5.82 Å². The molecular formula is C27H19N5. The molecule has 152 valence electrons. The fraction of sp³-hybridized carbons (Fsp3) is 0.0741. The molecule has 0 saturated heterocycles. The summed E-state index contributed by atoms with van der Waals surface area (Å²) in [5.41, 5.74) is 6.78. The van der Waals surface area contributed by atoms with Gasteiger partial charge in [-0.15, -0.1) is 0 Å². The van der Waals surface area contributed by atoms with Crippen LogP contribution in [0, 0.1) is 0 Å². The summed E-state index contributed by atoms with van der Waals surface area (Å²) >= 11 is 0. The van der Waals surface area contributed by atoms with E-state index in [1.807, 2.05) is 6.07 Å². The molecule has 2 unspecified atom stereocenters. The van der Waals surface area contributed by atoms with Gasteiger partial charge in [-0.2, -0.15) is 0 Å². The van der Waals surface area contributed by atoms with E-state index in [0.717, 1.165) is 27.8 Å². The normalized spacial score (nSPS) is 18.9. The van der Waals surface area contributed by atoms with Crippen molar-refractivity contribution in [2.45, 2.75) is 12.0 Å². The third kappa shape index (κ3) is 2.30. The van der Waals surface area contributed by atoms with Crippen molar-refractivity contribution in [2.24, 2.45) is 0 Å². The van der Waals surface area contributed by atoms with Gasteiger partial charge >= 0.3 is 0 Å². The van der Waals surface area contributed by atoms with E-state index in [2.05, 4.69) is 105 Å². The van der Waals surface area contributed by atoms with E-state index in [0.29, 0.717) is 0 Å². The first kappa shape index (κ1) is 17.4. The quantitative estimate of drug-likeness (QED) is 0.373. The number of allylic oxidation sites excluding steroid dienone is 2. The molecule has 3 aromatic heterocycles. The van der Waals surface area contributed by atoms with Crippen LogP contribution >= 0.6 is 0 Å². The second-order valence-electron chi connectivity index (χ2n) is 8.17. The molecule has 0 radical (unpaired) electrons. The first-order chi connectivity index (χ1) is 15.9. The van der Waals surface area contributed by atoms with Gasteiger partial charge in [0.15, 0.2) is 0 Å². The topological polar surface area (TPSA) is 46.8 Å². The Labute approximate surface area is 185 Å². The molecule has 2 atom stereocenters. The Bertz CT molecular complexity index is 1530. The zero-order valence-electron chi connectivity index (χ0n) is 17.2. The van der Waals surface area contributed by atoms with Crippen LogP contribution in [-0.4, -0.2) is 25.6 Å². The third-order valence-electron chi connectivity index (χ3n) is 6.51. The Morgan fingerprint density at radius 3 is 2.53 bits per heavy atom. The maximum absolute atomic E-state index is 5.00. The molecule has 1 aliphatic carbocycles. The van der Waals surface area contributed by atoms with Crippen LogP contribution < -0.4 is 4.90 Å². The molecule has 2 aromatic carbocycles. The molecule has 0 fully saturated rings. The van der Waals surface area contributed by atoms with Crippen LogP contribution in [0.1, 0.15) is 11.5 Å². The van der Waals surface area contributed by atoms with E-state index in [4.69, 9.17) is 4.98 Å². The van der Waals surface area contributed by atoms with E-state index < -0.39 is 0 Å². The minimum atomic E-state index is 0.210. The van der Waals surface area contributed by atoms with E-state index in [1.165, 1.54) is 16.9 Å². The number of nitrogens with zero attached hydrogens (tertiary/aromatic N) is 5. The van der Waals surface area contributed by atoms with Crippen LogP contribution in [0.25, 0.3) is 27.8 Å². The van der Waals surface area contributed by atoms with Crippen molar-refractivity contribution in [3.63, 3.8) is 0 Å². The van der Waals surface area contributed by atoms with Gasteiger partial charge in [-0.3, -0.25) is 9.55 Å². The maximum Gasteiger partial charge on any atom is 0.141 e. The van der Waals surface area contributed by atoms with E-state index in [-0.39, 0.29) is 12.0 Å². The lowest BCUT2D eigenvalue weighted by Gasteiger charge is -2.29. The van der Waals surface area contributed by atoms with Gasteiger partial charge in [0, 0.05) is 34.9 Å². The first-order valence-corrected chi connectivity index (χ1v) is 10.8. The van der Waals surface area contributed by atoms with Crippen LogP contribution in [0.4, 0.5) is 11.4 Å². The number of hydrogen-bond acceptors (Lipinski definition) is 4. The number of anilines is 2. The predicted octanol–water partition coefficient (Wildman–Crippen LogP) is 5.70. The number of hydrogen-bond donors (Lipinski definition) is 0. The Hall–Kier alpha value is -4.25. The van der Waals surface area contributed by atoms with Crippen LogP contribution in [0.15, 0.2) is 104 Å². The average molecular weight is 413 g/mol. The molecule has 5 aromatic rings. The maximum atomic E-state index is 5.00. The lowest BCUT2D eigenvalue weighted by atomic mass is 9.92. The Balaban J connectivity index is 1.65. The van der Waals surface area contributed by atoms with Gasteiger partial charge in [0.1, 0.15) is 12.1 Å². The smallest absolute Gasteiger partial charge is 0.141 e. The Kier molecular flexibility index (Phi) is 3.61. The van der Waals surface area contributed by atoms with E-state index >= 15 is 0 Å². The molecule has 2 aliphatic rings. The van der Waals surface area contributed by atoms with Gasteiger partial charge in [-0.1, -0.05) is 60.7 Å². The molecule has 0 amide bonds. The van der Waals surface area contributed by atoms with Crippen molar-refractivity contribution >= 4 is 33.3 Å². The van der Waals surface area contributed by atoms with Crippen molar-refractivity contribution in [1.82, 2.24) is 19.5 Å². The fourth-order valence-electron chi connectivity index (χ4n) is 5.22. The van der Waals surface area contributed by atoms with Crippen molar-refractivity contribution in [3.05, 3.63) is 109 Å². The summed E-state index contributed by atoms with van der Waals surface area (Å²) in [4.78, 5) is 16.2. The zero-order chi connectivity index (χ0) is 21.1. The molecule has 4 heterocycles. The molecule has 0 N–H and O–H groups in total. The number of rotatable bonds is 2. The molecule has 0 saturated carbocycles. The Morgan fingerprint density at radius 1 is 0.812 bits per heavy atom. The summed E-state index contributed by atoms with van der Waals surface area (Å²) < 4.78 is 2.24. The summed E-state index contributed by atoms with van der Waals surface area (Å²) in [5, 5.41) is 1.12. The van der Waals surface area contributed by atoms with E-state index in [1.54, 1.807) is 12.5 Å². The lowest BCUT2D eigenvalue weighted by molar-refractivity contribution is 0.743. The molecule has 32 heavy (non-hydrogen) atoms. The number of fused-ring (bicyclic) bond motifs is 7. The highest BCUT2D eigenvalue weighted by Crippen LogP contribution is 2.51. The minimum Gasteiger partial charge on any atom is -0.331 e. The van der Waals surface area contributed by atoms with Gasteiger partial charge in [0.25, 0.3) is 0 Å².